The summed E-state index contributed by atoms with van der Waals surface area (Å²) >= 11 is 0. The highest BCUT2D eigenvalue weighted by molar-refractivity contribution is 5.57. The molecule has 0 saturated carbocycles. The minimum atomic E-state index is 0. The van der Waals surface area contributed by atoms with Crippen molar-refractivity contribution in [2.45, 2.75) is 18.9 Å². The summed E-state index contributed by atoms with van der Waals surface area (Å²) in [6, 6.07) is 2.11. The van der Waals surface area contributed by atoms with Gasteiger partial charge >= 0.3 is 0 Å². The van der Waals surface area contributed by atoms with Crippen LogP contribution in [0.15, 0.2) is 6.07 Å². The van der Waals surface area contributed by atoms with Crippen LogP contribution in [-0.2, 0) is 17.8 Å². The molecular formula is C13H16ClNO3. The molecule has 0 radical (unpaired) electrons. The molecule has 1 unspecified atom stereocenters. The largest absolute Gasteiger partial charge is 1.00 e. The van der Waals surface area contributed by atoms with Crippen LogP contribution in [0.5, 0.6) is 11.5 Å². The lowest BCUT2D eigenvalue weighted by molar-refractivity contribution is -0.655. The summed E-state index contributed by atoms with van der Waals surface area (Å²) in [5, 5.41) is 2.38. The molecule has 0 aliphatic carbocycles. The highest BCUT2D eigenvalue weighted by Crippen LogP contribution is 2.44. The van der Waals surface area contributed by atoms with Gasteiger partial charge in [-0.05, 0) is 17.2 Å². The molecule has 18 heavy (non-hydrogen) atoms. The number of hydrogen-bond acceptors (Lipinski definition) is 3. The zero-order valence-corrected chi connectivity index (χ0v) is 10.8. The standard InChI is InChI=1S/C13H15NO3.ClH/c1-2-14-4-9-6-15-5-8-3-11-13(17-7-16-11)10(1)12(8)9;/h3,9,14H,1-2,4-7H2;1H. The molecule has 1 atom stereocenters. The van der Waals surface area contributed by atoms with Crippen LogP contribution >= 0.6 is 0 Å². The van der Waals surface area contributed by atoms with E-state index in [0.29, 0.717) is 12.7 Å². The van der Waals surface area contributed by atoms with Gasteiger partial charge in [0, 0.05) is 12.0 Å². The average molecular weight is 270 g/mol. The van der Waals surface area contributed by atoms with E-state index < -0.39 is 0 Å². The van der Waals surface area contributed by atoms with Crippen LogP contribution in [0.25, 0.3) is 0 Å². The Balaban J connectivity index is 0.000001000. The minimum absolute atomic E-state index is 0. The van der Waals surface area contributed by atoms with Crippen LogP contribution in [-0.4, -0.2) is 26.5 Å². The maximum absolute atomic E-state index is 5.69. The van der Waals surface area contributed by atoms with Gasteiger partial charge in [0.2, 0.25) is 6.79 Å². The van der Waals surface area contributed by atoms with Crippen molar-refractivity contribution < 1.29 is 31.9 Å². The molecule has 0 aromatic heterocycles. The third kappa shape index (κ3) is 1.67. The predicted molar refractivity (Wildman–Crippen MR) is 60.3 cm³/mol. The number of hydrogen-bond donors (Lipinski definition) is 1. The van der Waals surface area contributed by atoms with Gasteiger partial charge < -0.3 is 31.9 Å². The Morgan fingerprint density at radius 1 is 1.28 bits per heavy atom. The number of nitrogens with two attached hydrogens (primary N) is 1. The summed E-state index contributed by atoms with van der Waals surface area (Å²) in [7, 11) is 0. The first kappa shape index (κ1) is 12.1. The van der Waals surface area contributed by atoms with E-state index in [1.54, 1.807) is 0 Å². The van der Waals surface area contributed by atoms with Gasteiger partial charge in [0.05, 0.1) is 32.2 Å². The quantitative estimate of drug-likeness (QED) is 0.552. The normalized spacial score (nSPS) is 23.9. The first-order valence-electron chi connectivity index (χ1n) is 6.27. The fourth-order valence-electron chi connectivity index (χ4n) is 3.21. The summed E-state index contributed by atoms with van der Waals surface area (Å²) in [6.45, 7) is 4.18. The molecule has 98 valence electrons. The molecule has 5 heteroatoms. The van der Waals surface area contributed by atoms with E-state index in [1.807, 2.05) is 0 Å². The number of fused-ring (bicyclic) bond motifs is 2. The van der Waals surface area contributed by atoms with Gasteiger partial charge in [-0.3, -0.25) is 0 Å². The third-order valence-corrected chi connectivity index (χ3v) is 3.93. The lowest BCUT2D eigenvalue weighted by atomic mass is 9.87. The van der Waals surface area contributed by atoms with Crippen molar-refractivity contribution in [3.63, 3.8) is 0 Å². The molecule has 3 aliphatic heterocycles. The smallest absolute Gasteiger partial charge is 0.231 e. The number of quaternary nitrogens is 1. The molecule has 0 amide bonds. The van der Waals surface area contributed by atoms with Crippen LogP contribution in [0.3, 0.4) is 0 Å². The molecule has 3 aliphatic rings. The zero-order valence-electron chi connectivity index (χ0n) is 10.1. The summed E-state index contributed by atoms with van der Waals surface area (Å²) in [6.07, 6.45) is 1.07. The number of ether oxygens (including phenoxy) is 3. The summed E-state index contributed by atoms with van der Waals surface area (Å²) in [5.74, 6) is 2.42. The molecule has 0 spiro atoms. The Morgan fingerprint density at radius 3 is 3.17 bits per heavy atom. The lowest BCUT2D eigenvalue weighted by Gasteiger charge is -2.25. The van der Waals surface area contributed by atoms with Crippen LogP contribution in [0.4, 0.5) is 0 Å². The maximum atomic E-state index is 5.69. The first-order chi connectivity index (χ1) is 8.43. The van der Waals surface area contributed by atoms with E-state index in [1.165, 1.54) is 16.7 Å². The van der Waals surface area contributed by atoms with Gasteiger partial charge in [0.1, 0.15) is 0 Å². The summed E-state index contributed by atoms with van der Waals surface area (Å²) in [4.78, 5) is 0. The number of halogens is 1. The molecule has 4 nitrogen and oxygen atoms in total. The summed E-state index contributed by atoms with van der Waals surface area (Å²) in [5.41, 5.74) is 4.15. The van der Waals surface area contributed by atoms with E-state index in [0.717, 1.165) is 44.2 Å². The second-order valence-corrected chi connectivity index (χ2v) is 4.94. The second-order valence-electron chi connectivity index (χ2n) is 4.94. The molecule has 0 saturated heterocycles. The van der Waals surface area contributed by atoms with Crippen molar-refractivity contribution in [3.05, 3.63) is 22.8 Å². The van der Waals surface area contributed by atoms with E-state index in [9.17, 15) is 0 Å². The van der Waals surface area contributed by atoms with Gasteiger partial charge in [-0.15, -0.1) is 0 Å². The molecule has 1 aromatic rings. The lowest BCUT2D eigenvalue weighted by Crippen LogP contribution is -3.00. The van der Waals surface area contributed by atoms with Gasteiger partial charge in [-0.2, -0.15) is 0 Å². The first-order valence-corrected chi connectivity index (χ1v) is 6.27. The van der Waals surface area contributed by atoms with Crippen LogP contribution in [0.1, 0.15) is 22.6 Å². The molecule has 3 heterocycles. The van der Waals surface area contributed by atoms with Gasteiger partial charge in [0.15, 0.2) is 11.5 Å². The van der Waals surface area contributed by atoms with Crippen molar-refractivity contribution in [1.29, 1.82) is 0 Å². The Labute approximate surface area is 112 Å². The predicted octanol–water partition coefficient (Wildman–Crippen LogP) is -2.85. The molecule has 2 N–H and O–H groups in total. The van der Waals surface area contributed by atoms with E-state index in [-0.39, 0.29) is 12.4 Å². The molecular weight excluding hydrogens is 254 g/mol. The van der Waals surface area contributed by atoms with Crippen molar-refractivity contribution >= 4 is 0 Å². The Morgan fingerprint density at radius 2 is 2.22 bits per heavy atom. The van der Waals surface area contributed by atoms with Gasteiger partial charge in [-0.25, -0.2) is 0 Å². The topological polar surface area (TPSA) is 44.3 Å². The molecule has 4 rings (SSSR count). The fourth-order valence-corrected chi connectivity index (χ4v) is 3.21. The van der Waals surface area contributed by atoms with Crippen LogP contribution in [0, 0.1) is 0 Å². The van der Waals surface area contributed by atoms with Gasteiger partial charge in [-0.1, -0.05) is 0 Å². The van der Waals surface area contributed by atoms with Crippen molar-refractivity contribution in [2.24, 2.45) is 0 Å². The molecule has 0 bridgehead atoms. The monoisotopic (exact) mass is 269 g/mol. The number of benzene rings is 1. The zero-order chi connectivity index (χ0) is 11.2. The fraction of sp³-hybridized carbons (Fsp3) is 0.538. The van der Waals surface area contributed by atoms with Crippen LogP contribution < -0.4 is 27.2 Å². The van der Waals surface area contributed by atoms with Crippen molar-refractivity contribution in [2.75, 3.05) is 26.5 Å². The Kier molecular flexibility index (Phi) is 3.09. The minimum Gasteiger partial charge on any atom is -1.00 e. The highest BCUT2D eigenvalue weighted by atomic mass is 35.5. The average Bonchev–Trinajstić information content (AvgIpc) is 2.70. The van der Waals surface area contributed by atoms with E-state index in [2.05, 4.69) is 11.4 Å². The molecule has 1 aromatic carbocycles. The number of rotatable bonds is 0. The summed E-state index contributed by atoms with van der Waals surface area (Å²) < 4.78 is 16.9. The maximum Gasteiger partial charge on any atom is 0.231 e. The van der Waals surface area contributed by atoms with Crippen LogP contribution in [0.2, 0.25) is 0 Å². The van der Waals surface area contributed by atoms with E-state index >= 15 is 0 Å². The molecule has 0 fully saturated rings. The second kappa shape index (κ2) is 4.61. The van der Waals surface area contributed by atoms with Crippen molar-refractivity contribution in [1.82, 2.24) is 0 Å². The Bertz CT molecular complexity index is 478. The Hall–Kier alpha value is -0.970. The third-order valence-electron chi connectivity index (χ3n) is 3.93. The van der Waals surface area contributed by atoms with Gasteiger partial charge in [0.25, 0.3) is 0 Å². The SMILES string of the molecule is [Cl-].c1c2c3c(c4c1OCO4)CC[NH2+]CC3COC2. The highest BCUT2D eigenvalue weighted by Gasteiger charge is 2.33. The van der Waals surface area contributed by atoms with E-state index in [4.69, 9.17) is 14.2 Å². The van der Waals surface area contributed by atoms with Crippen molar-refractivity contribution in [3.8, 4) is 11.5 Å².